The first-order valence-corrected chi connectivity index (χ1v) is 31.7. The third-order valence-electron chi connectivity index (χ3n) is 13.2. The molecule has 0 spiro atoms. The highest BCUT2D eigenvalue weighted by Gasteiger charge is 2.19. The lowest BCUT2D eigenvalue weighted by atomic mass is 10.0. The Morgan fingerprint density at radius 2 is 0.506 bits per heavy atom. The van der Waals surface area contributed by atoms with Gasteiger partial charge in [-0.05, 0) is 116 Å². The van der Waals surface area contributed by atoms with E-state index in [2.05, 4.69) is 154 Å². The van der Waals surface area contributed by atoms with Gasteiger partial charge in [0.05, 0.1) is 0 Å². The molecule has 1 unspecified atom stereocenters. The van der Waals surface area contributed by atoms with Crippen molar-refractivity contribution in [1.82, 2.24) is 0 Å². The monoisotopic (exact) mass is 1060 g/mol. The van der Waals surface area contributed by atoms with Crippen LogP contribution in [0.3, 0.4) is 0 Å². The lowest BCUT2D eigenvalue weighted by Crippen LogP contribution is -2.30. The smallest absolute Gasteiger partial charge is 0.306 e. The number of esters is 3. The maximum Gasteiger partial charge on any atom is 0.306 e. The third kappa shape index (κ3) is 62.3. The summed E-state index contributed by atoms with van der Waals surface area (Å²) in [6, 6.07) is 0. The summed E-state index contributed by atoms with van der Waals surface area (Å²) in [5.41, 5.74) is 0. The second kappa shape index (κ2) is 64.1. The number of rotatable bonds is 56. The average Bonchev–Trinajstić information content (AvgIpc) is 3.43. The van der Waals surface area contributed by atoms with E-state index < -0.39 is 6.10 Å². The van der Waals surface area contributed by atoms with E-state index in [-0.39, 0.29) is 31.1 Å². The standard InChI is InChI=1S/C71H116O6/c1-4-7-10-13-16-19-22-25-28-30-32-33-34-35-36-37-39-40-43-46-49-52-55-58-61-64-70(73)76-67-68(66-75-69(72)63-60-57-54-51-48-45-42-27-24-21-18-15-12-9-6-3)77-71(74)65-62-59-56-53-50-47-44-41-38-31-29-26-23-20-17-14-11-8-5-2/h7-8,10-11,16-17,19-20,25-26,28-29,32-33,35-36,38-41,46,49,68H,4-6,9,12-15,18,21-24,27,30-31,34,37,42-45,47-48,50-67H2,1-3H3/b10-7-,11-8-,19-16-,20-17-,28-25-,29-26-,33-32-,36-35-,40-39-,41-38-,49-46-. The van der Waals surface area contributed by atoms with Gasteiger partial charge in [0, 0.05) is 19.3 Å². The molecule has 0 heterocycles. The van der Waals surface area contributed by atoms with Gasteiger partial charge in [0.15, 0.2) is 6.10 Å². The van der Waals surface area contributed by atoms with Crippen molar-refractivity contribution in [2.75, 3.05) is 13.2 Å². The number of hydrogen-bond acceptors (Lipinski definition) is 6. The van der Waals surface area contributed by atoms with Crippen LogP contribution in [0.5, 0.6) is 0 Å². The summed E-state index contributed by atoms with van der Waals surface area (Å²) in [4.78, 5) is 38.3. The van der Waals surface area contributed by atoms with Gasteiger partial charge < -0.3 is 14.2 Å². The van der Waals surface area contributed by atoms with Crippen molar-refractivity contribution < 1.29 is 28.6 Å². The van der Waals surface area contributed by atoms with Gasteiger partial charge >= 0.3 is 17.9 Å². The summed E-state index contributed by atoms with van der Waals surface area (Å²) in [6.07, 6.45) is 90.2. The van der Waals surface area contributed by atoms with Gasteiger partial charge in [0.25, 0.3) is 0 Å². The van der Waals surface area contributed by atoms with Crippen molar-refractivity contribution in [2.45, 2.75) is 284 Å². The van der Waals surface area contributed by atoms with Crippen LogP contribution >= 0.6 is 0 Å². The largest absolute Gasteiger partial charge is 0.462 e. The van der Waals surface area contributed by atoms with Crippen molar-refractivity contribution in [3.8, 4) is 0 Å². The zero-order valence-corrected chi connectivity index (χ0v) is 49.9. The summed E-state index contributed by atoms with van der Waals surface area (Å²) >= 11 is 0. The van der Waals surface area contributed by atoms with Crippen molar-refractivity contribution in [2.24, 2.45) is 0 Å². The molecule has 6 heteroatoms. The van der Waals surface area contributed by atoms with E-state index in [0.717, 1.165) is 148 Å². The number of ether oxygens (including phenoxy) is 3. The molecule has 77 heavy (non-hydrogen) atoms. The van der Waals surface area contributed by atoms with Gasteiger partial charge in [-0.3, -0.25) is 14.4 Å². The number of unbranched alkanes of at least 4 members (excludes halogenated alkanes) is 23. The predicted molar refractivity (Wildman–Crippen MR) is 334 cm³/mol. The van der Waals surface area contributed by atoms with E-state index in [0.29, 0.717) is 19.3 Å². The van der Waals surface area contributed by atoms with E-state index in [1.54, 1.807) is 0 Å². The predicted octanol–water partition coefficient (Wildman–Crippen LogP) is 21.8. The van der Waals surface area contributed by atoms with Crippen molar-refractivity contribution >= 4 is 17.9 Å². The van der Waals surface area contributed by atoms with E-state index >= 15 is 0 Å². The molecular weight excluding hydrogens is 949 g/mol. The third-order valence-corrected chi connectivity index (χ3v) is 13.2. The first kappa shape index (κ1) is 72.5. The molecule has 1 atom stereocenters. The quantitative estimate of drug-likeness (QED) is 0.0261. The summed E-state index contributed by atoms with van der Waals surface area (Å²) < 4.78 is 16.9. The Morgan fingerprint density at radius 1 is 0.273 bits per heavy atom. The molecule has 0 amide bonds. The summed E-state index contributed by atoms with van der Waals surface area (Å²) in [5.74, 6) is -0.941. The number of allylic oxidation sites excluding steroid dienone is 22. The van der Waals surface area contributed by atoms with Crippen LogP contribution in [0.2, 0.25) is 0 Å². The Morgan fingerprint density at radius 3 is 0.805 bits per heavy atom. The Kier molecular flexibility index (Phi) is 60.4. The van der Waals surface area contributed by atoms with Crippen LogP contribution in [0.15, 0.2) is 134 Å². The minimum atomic E-state index is -0.805. The van der Waals surface area contributed by atoms with Crippen LogP contribution in [0.1, 0.15) is 278 Å². The fraction of sp³-hybridized carbons (Fsp3) is 0.648. The van der Waals surface area contributed by atoms with Crippen LogP contribution in [-0.2, 0) is 28.6 Å². The molecule has 0 aliphatic carbocycles. The van der Waals surface area contributed by atoms with E-state index in [9.17, 15) is 14.4 Å². The minimum Gasteiger partial charge on any atom is -0.462 e. The molecule has 0 aromatic rings. The molecule has 0 aromatic heterocycles. The summed E-state index contributed by atoms with van der Waals surface area (Å²) in [6.45, 7) is 6.39. The Balaban J connectivity index is 4.47. The topological polar surface area (TPSA) is 78.9 Å². The molecule has 0 fully saturated rings. The number of carbonyl (C=O) groups is 3. The normalized spacial score (nSPS) is 13.0. The van der Waals surface area contributed by atoms with Gasteiger partial charge in [0.2, 0.25) is 0 Å². The Hall–Kier alpha value is -4.45. The van der Waals surface area contributed by atoms with Crippen LogP contribution in [0.25, 0.3) is 0 Å². The van der Waals surface area contributed by atoms with Gasteiger partial charge in [0.1, 0.15) is 13.2 Å². The molecule has 0 aromatic carbocycles. The first-order chi connectivity index (χ1) is 38.0. The zero-order chi connectivity index (χ0) is 55.7. The van der Waals surface area contributed by atoms with E-state index in [4.69, 9.17) is 14.2 Å². The molecular formula is C71H116O6. The van der Waals surface area contributed by atoms with E-state index in [1.807, 2.05) is 0 Å². The minimum absolute atomic E-state index is 0.0965. The second-order valence-electron chi connectivity index (χ2n) is 20.6. The molecule has 0 N–H and O–H groups in total. The van der Waals surface area contributed by atoms with Crippen LogP contribution in [0.4, 0.5) is 0 Å². The number of hydrogen-bond donors (Lipinski definition) is 0. The lowest BCUT2D eigenvalue weighted by molar-refractivity contribution is -0.167. The molecule has 0 saturated carbocycles. The van der Waals surface area contributed by atoms with Crippen LogP contribution < -0.4 is 0 Å². The molecule has 0 radical (unpaired) electrons. The molecule has 0 saturated heterocycles. The second-order valence-corrected chi connectivity index (χ2v) is 20.6. The Labute approximate surface area is 475 Å². The SMILES string of the molecule is CC/C=C\C/C=C\C/C=C\C/C=C\C/C=C\C/C=C\C/C=C\CCCCCC(=O)OCC(COC(=O)CCCCCCCCCCCCCCCCC)OC(=O)CCCCCCCC/C=C\C/C=C\C/C=C\C/C=C\CC. The maximum atomic E-state index is 12.9. The van der Waals surface area contributed by atoms with Crippen molar-refractivity contribution in [3.63, 3.8) is 0 Å². The zero-order valence-electron chi connectivity index (χ0n) is 49.9. The molecule has 6 nitrogen and oxygen atoms in total. The van der Waals surface area contributed by atoms with Gasteiger partial charge in [-0.2, -0.15) is 0 Å². The van der Waals surface area contributed by atoms with Crippen molar-refractivity contribution in [3.05, 3.63) is 134 Å². The lowest BCUT2D eigenvalue weighted by Gasteiger charge is -2.18. The first-order valence-electron chi connectivity index (χ1n) is 31.7. The molecule has 0 aliphatic heterocycles. The molecule has 436 valence electrons. The van der Waals surface area contributed by atoms with Gasteiger partial charge in [-0.1, -0.05) is 276 Å². The Bertz CT molecular complexity index is 1650. The van der Waals surface area contributed by atoms with E-state index in [1.165, 1.54) is 89.9 Å². The number of carbonyl (C=O) groups excluding carboxylic acids is 3. The molecule has 0 rings (SSSR count). The van der Waals surface area contributed by atoms with Crippen LogP contribution in [0, 0.1) is 0 Å². The fourth-order valence-electron chi connectivity index (χ4n) is 8.47. The highest BCUT2D eigenvalue weighted by Crippen LogP contribution is 2.15. The highest BCUT2D eigenvalue weighted by atomic mass is 16.6. The van der Waals surface area contributed by atoms with Gasteiger partial charge in [-0.25, -0.2) is 0 Å². The summed E-state index contributed by atoms with van der Waals surface area (Å²) in [5, 5.41) is 0. The van der Waals surface area contributed by atoms with Crippen LogP contribution in [-0.4, -0.2) is 37.2 Å². The maximum absolute atomic E-state index is 12.9. The average molecular weight is 1070 g/mol. The highest BCUT2D eigenvalue weighted by molar-refractivity contribution is 5.71. The van der Waals surface area contributed by atoms with Gasteiger partial charge in [-0.15, -0.1) is 0 Å². The molecule has 0 aliphatic rings. The summed E-state index contributed by atoms with van der Waals surface area (Å²) in [7, 11) is 0. The fourth-order valence-corrected chi connectivity index (χ4v) is 8.47. The molecule has 0 bridgehead atoms. The van der Waals surface area contributed by atoms with Crippen molar-refractivity contribution in [1.29, 1.82) is 0 Å².